The molecular weight excluding hydrogens is 350 g/mol. The molecule has 0 aliphatic carbocycles. The van der Waals surface area contributed by atoms with Gasteiger partial charge in [-0.15, -0.1) is 11.3 Å². The van der Waals surface area contributed by atoms with Gasteiger partial charge in [0.2, 0.25) is 0 Å². The number of nitrogens with zero attached hydrogens (tertiary/aromatic N) is 3. The van der Waals surface area contributed by atoms with Crippen LogP contribution >= 0.6 is 11.3 Å². The molecule has 0 atom stereocenters. The molecule has 1 fully saturated rings. The largest absolute Gasteiger partial charge is 0.333 e. The molecule has 8 heteroatoms. The Bertz CT molecular complexity index is 981. The fourth-order valence-electron chi connectivity index (χ4n) is 3.53. The van der Waals surface area contributed by atoms with E-state index in [4.69, 9.17) is 0 Å². The van der Waals surface area contributed by atoms with Crippen LogP contribution in [0.25, 0.3) is 11.0 Å². The second-order valence-corrected chi connectivity index (χ2v) is 7.86. The molecule has 0 bridgehead atoms. The molecule has 1 aromatic carbocycles. The van der Waals surface area contributed by atoms with E-state index >= 15 is 0 Å². The molecule has 7 nitrogen and oxygen atoms in total. The number of likely N-dealkylation sites (tertiary alicyclic amines) is 1. The number of hydrogen-bond acceptors (Lipinski definition) is 4. The number of amides is 2. The van der Waals surface area contributed by atoms with Gasteiger partial charge in [-0.05, 0) is 31.9 Å². The Morgan fingerprint density at radius 3 is 2.85 bits per heavy atom. The maximum atomic E-state index is 12.4. The van der Waals surface area contributed by atoms with Crippen molar-refractivity contribution >= 4 is 28.4 Å². The second-order valence-electron chi connectivity index (χ2n) is 6.54. The van der Waals surface area contributed by atoms with E-state index in [1.165, 1.54) is 0 Å². The average molecular weight is 371 g/mol. The van der Waals surface area contributed by atoms with Gasteiger partial charge in [-0.1, -0.05) is 12.1 Å². The van der Waals surface area contributed by atoms with Crippen molar-refractivity contribution in [1.29, 1.82) is 0 Å². The third-order valence-electron chi connectivity index (χ3n) is 4.82. The Morgan fingerprint density at radius 2 is 2.12 bits per heavy atom. The normalized spacial score (nSPS) is 15.5. The first-order valence-corrected chi connectivity index (χ1v) is 9.57. The van der Waals surface area contributed by atoms with Gasteiger partial charge in [0, 0.05) is 30.2 Å². The number of aromatic nitrogens is 3. The first-order chi connectivity index (χ1) is 12.6. The van der Waals surface area contributed by atoms with E-state index in [1.807, 2.05) is 40.7 Å². The van der Waals surface area contributed by atoms with Gasteiger partial charge in [-0.25, -0.2) is 14.6 Å². The molecule has 2 N–H and O–H groups in total. The molecule has 4 rings (SSSR count). The maximum absolute atomic E-state index is 12.4. The highest BCUT2D eigenvalue weighted by Gasteiger charge is 2.25. The van der Waals surface area contributed by atoms with E-state index in [1.54, 1.807) is 17.5 Å². The van der Waals surface area contributed by atoms with E-state index in [9.17, 15) is 9.59 Å². The molecule has 0 spiro atoms. The van der Waals surface area contributed by atoms with Crippen molar-refractivity contribution in [2.75, 3.05) is 13.1 Å². The molecule has 3 aromatic rings. The first kappa shape index (κ1) is 16.8. The minimum Gasteiger partial charge on any atom is -0.333 e. The lowest BCUT2D eigenvalue weighted by Gasteiger charge is -2.32. The van der Waals surface area contributed by atoms with Crippen LogP contribution in [0, 0.1) is 6.92 Å². The highest BCUT2D eigenvalue weighted by Crippen LogP contribution is 2.24. The highest BCUT2D eigenvalue weighted by atomic mass is 32.1. The molecule has 0 radical (unpaired) electrons. The number of fused-ring (bicyclic) bond motifs is 1. The van der Waals surface area contributed by atoms with Gasteiger partial charge in [-0.2, -0.15) is 0 Å². The van der Waals surface area contributed by atoms with Crippen LogP contribution in [0.1, 0.15) is 28.8 Å². The smallest absolute Gasteiger partial charge is 0.326 e. The molecule has 0 saturated carbocycles. The van der Waals surface area contributed by atoms with Gasteiger partial charge in [0.25, 0.3) is 0 Å². The monoisotopic (exact) mass is 371 g/mol. The van der Waals surface area contributed by atoms with Gasteiger partial charge in [0.15, 0.2) is 0 Å². The summed E-state index contributed by atoms with van der Waals surface area (Å²) in [7, 11) is 0. The lowest BCUT2D eigenvalue weighted by atomic mass is 10.0. The number of thiazole rings is 1. The molecule has 136 valence electrons. The molecule has 1 aliphatic heterocycles. The summed E-state index contributed by atoms with van der Waals surface area (Å²) in [5, 5.41) is 3.95. The molecule has 26 heavy (non-hydrogen) atoms. The third-order valence-corrected chi connectivity index (χ3v) is 5.74. The number of aryl methyl sites for hydroxylation is 1. The lowest BCUT2D eigenvalue weighted by Crippen LogP contribution is -2.45. The van der Waals surface area contributed by atoms with Crippen molar-refractivity contribution in [2.45, 2.75) is 32.4 Å². The zero-order valence-electron chi connectivity index (χ0n) is 14.6. The molecule has 3 heterocycles. The molecule has 1 saturated heterocycles. The van der Waals surface area contributed by atoms with Crippen LogP contribution in [-0.4, -0.2) is 38.6 Å². The number of aromatic amines is 1. The van der Waals surface area contributed by atoms with Crippen LogP contribution in [0.15, 0.2) is 35.3 Å². The predicted molar refractivity (Wildman–Crippen MR) is 101 cm³/mol. The number of piperidine rings is 1. The molecule has 2 amide bonds. The van der Waals surface area contributed by atoms with Crippen LogP contribution < -0.4 is 11.0 Å². The van der Waals surface area contributed by atoms with Gasteiger partial charge in [-0.3, -0.25) is 4.57 Å². The minimum atomic E-state index is -0.0744. The average Bonchev–Trinajstić information content (AvgIpc) is 3.22. The molecule has 0 unspecified atom stereocenters. The number of imidazole rings is 1. The van der Waals surface area contributed by atoms with Gasteiger partial charge in [0.1, 0.15) is 0 Å². The number of hydrogen-bond donors (Lipinski definition) is 2. The van der Waals surface area contributed by atoms with Gasteiger partial charge < -0.3 is 15.2 Å². The van der Waals surface area contributed by atoms with Crippen LogP contribution in [0.5, 0.6) is 0 Å². The zero-order chi connectivity index (χ0) is 18.1. The Labute approximate surface area is 154 Å². The zero-order valence-corrected chi connectivity index (χ0v) is 15.4. The third kappa shape index (κ3) is 3.24. The van der Waals surface area contributed by atoms with Crippen molar-refractivity contribution in [3.63, 3.8) is 0 Å². The number of rotatable bonds is 3. The second kappa shape index (κ2) is 6.95. The lowest BCUT2D eigenvalue weighted by molar-refractivity contribution is 0.171. The number of carbonyl (C=O) groups is 1. The number of H-pyrrole nitrogens is 1. The quantitative estimate of drug-likeness (QED) is 0.742. The number of nitrogens with one attached hydrogen (secondary N) is 2. The van der Waals surface area contributed by atoms with E-state index in [-0.39, 0.29) is 17.8 Å². The van der Waals surface area contributed by atoms with Crippen LogP contribution in [-0.2, 0) is 6.54 Å². The molecule has 2 aromatic heterocycles. The molecular formula is C18H21N5O2S. The fourth-order valence-corrected chi connectivity index (χ4v) is 4.26. The standard InChI is InChI=1S/C18H21N5O2S/c1-12-19-10-14(26-12)11-20-17(24)22-8-6-13(7-9-22)23-16-5-3-2-4-15(16)21-18(23)25/h2-5,10,13H,6-9,11H2,1H3,(H,20,24)(H,21,25). The highest BCUT2D eigenvalue weighted by molar-refractivity contribution is 7.11. The minimum absolute atomic E-state index is 0.0548. The summed E-state index contributed by atoms with van der Waals surface area (Å²) in [5.41, 5.74) is 1.72. The maximum Gasteiger partial charge on any atom is 0.326 e. The Morgan fingerprint density at radius 1 is 1.35 bits per heavy atom. The van der Waals surface area contributed by atoms with Crippen LogP contribution in [0.3, 0.4) is 0 Å². The molecule has 1 aliphatic rings. The van der Waals surface area contributed by atoms with Crippen molar-refractivity contribution in [3.8, 4) is 0 Å². The number of urea groups is 1. The van der Waals surface area contributed by atoms with Gasteiger partial charge in [0.05, 0.1) is 22.6 Å². The summed E-state index contributed by atoms with van der Waals surface area (Å²) in [6, 6.07) is 7.80. The number of para-hydroxylation sites is 2. The van der Waals surface area contributed by atoms with E-state index in [2.05, 4.69) is 15.3 Å². The van der Waals surface area contributed by atoms with Gasteiger partial charge >= 0.3 is 11.7 Å². The van der Waals surface area contributed by atoms with Crippen molar-refractivity contribution in [1.82, 2.24) is 24.8 Å². The van der Waals surface area contributed by atoms with E-state index < -0.39 is 0 Å². The van der Waals surface area contributed by atoms with Crippen molar-refractivity contribution < 1.29 is 4.79 Å². The summed E-state index contributed by atoms with van der Waals surface area (Å²) in [5.74, 6) is 0. The predicted octanol–water partition coefficient (Wildman–Crippen LogP) is 2.64. The van der Waals surface area contributed by atoms with Crippen molar-refractivity contribution in [3.05, 3.63) is 50.8 Å². The fraction of sp³-hybridized carbons (Fsp3) is 0.389. The Balaban J connectivity index is 1.38. The first-order valence-electron chi connectivity index (χ1n) is 8.75. The van der Waals surface area contributed by atoms with Crippen LogP contribution in [0.4, 0.5) is 4.79 Å². The number of benzene rings is 1. The Kier molecular flexibility index (Phi) is 4.50. The Hall–Kier alpha value is -2.61. The summed E-state index contributed by atoms with van der Waals surface area (Å²) in [6.45, 7) is 3.74. The van der Waals surface area contributed by atoms with Crippen molar-refractivity contribution in [2.24, 2.45) is 0 Å². The SMILES string of the molecule is Cc1ncc(CNC(=O)N2CCC(n3c(=O)[nH]c4ccccc43)CC2)s1. The topological polar surface area (TPSA) is 83.0 Å². The summed E-state index contributed by atoms with van der Waals surface area (Å²) in [4.78, 5) is 34.7. The summed E-state index contributed by atoms with van der Waals surface area (Å²) >= 11 is 1.59. The van der Waals surface area contributed by atoms with Crippen LogP contribution in [0.2, 0.25) is 0 Å². The van der Waals surface area contributed by atoms with E-state index in [0.717, 1.165) is 33.8 Å². The number of carbonyl (C=O) groups excluding carboxylic acids is 1. The summed E-state index contributed by atoms with van der Waals surface area (Å²) < 4.78 is 1.84. The van der Waals surface area contributed by atoms with E-state index in [0.29, 0.717) is 19.6 Å². The summed E-state index contributed by atoms with van der Waals surface area (Å²) in [6.07, 6.45) is 3.35.